The van der Waals surface area contributed by atoms with Crippen LogP contribution < -0.4 is 22.1 Å². The molecule has 5 nitrogen and oxygen atoms in total. The Morgan fingerprint density at radius 1 is 1.50 bits per heavy atom. The van der Waals surface area contributed by atoms with Gasteiger partial charge < -0.3 is 9.84 Å². The number of rotatable bonds is 1. The summed E-state index contributed by atoms with van der Waals surface area (Å²) in [7, 11) is 0. The Kier molecular flexibility index (Phi) is 4.69. The summed E-state index contributed by atoms with van der Waals surface area (Å²) in [6.07, 6.45) is 0. The van der Waals surface area contributed by atoms with Gasteiger partial charge in [-0.2, -0.15) is 0 Å². The van der Waals surface area contributed by atoms with Gasteiger partial charge in [-0.25, -0.2) is 11.7 Å². The van der Waals surface area contributed by atoms with Crippen molar-refractivity contribution >= 4 is 50.5 Å². The van der Waals surface area contributed by atoms with Crippen molar-refractivity contribution < 1.29 is 4.42 Å². The van der Waals surface area contributed by atoms with Gasteiger partial charge in [0.1, 0.15) is 17.2 Å². The van der Waals surface area contributed by atoms with Crippen LogP contribution in [0.25, 0.3) is 0 Å². The second kappa shape index (κ2) is 5.60. The molecular weight excluding hydrogens is 264 g/mol. The smallest absolute Gasteiger partial charge is 0.162 e. The van der Waals surface area contributed by atoms with Crippen LogP contribution in [0.3, 0.4) is 0 Å². The normalized spacial score (nSPS) is 10.0. The van der Waals surface area contributed by atoms with Gasteiger partial charge in [0.05, 0.1) is 0 Å². The highest BCUT2D eigenvalue weighted by Gasteiger charge is 2.15. The first-order chi connectivity index (χ1) is 7.45. The third-order valence-electron chi connectivity index (χ3n) is 1.77. The monoisotopic (exact) mass is 276 g/mol. The predicted octanol–water partition coefficient (Wildman–Crippen LogP) is 1.34. The highest BCUT2D eigenvalue weighted by molar-refractivity contribution is 8.38. The van der Waals surface area contributed by atoms with Crippen LogP contribution in [-0.4, -0.2) is 8.64 Å². The second-order valence-electron chi connectivity index (χ2n) is 2.97. The van der Waals surface area contributed by atoms with E-state index in [1.54, 1.807) is 6.07 Å². The summed E-state index contributed by atoms with van der Waals surface area (Å²) in [5, 5.41) is 1.34. The SMILES string of the molecule is Cc1cc(N(N)C(=S)SC(=S)NN)c(C)o1. The van der Waals surface area contributed by atoms with E-state index in [0.29, 0.717) is 14.4 Å². The summed E-state index contributed by atoms with van der Waals surface area (Å²) in [5.74, 6) is 12.5. The van der Waals surface area contributed by atoms with Gasteiger partial charge in [0.2, 0.25) is 0 Å². The number of aryl methyl sites for hydroxylation is 2. The Morgan fingerprint density at radius 3 is 2.56 bits per heavy atom. The van der Waals surface area contributed by atoms with Crippen LogP contribution in [0.5, 0.6) is 0 Å². The average Bonchev–Trinajstić information content (AvgIpc) is 2.56. The van der Waals surface area contributed by atoms with Gasteiger partial charge in [0.15, 0.2) is 8.64 Å². The first-order valence-corrected chi connectivity index (χ1v) is 5.93. The average molecular weight is 276 g/mol. The standard InChI is InChI=1S/C8H12N4OS3/c1-4-3-6(5(2)13-4)12(10)8(15)16-7(14)11-9/h3H,9-10H2,1-2H3,(H,11,14). The molecule has 0 radical (unpaired) electrons. The fourth-order valence-electron chi connectivity index (χ4n) is 1.11. The largest absolute Gasteiger partial charge is 0.464 e. The molecule has 16 heavy (non-hydrogen) atoms. The quantitative estimate of drug-likeness (QED) is 0.403. The molecule has 5 N–H and O–H groups in total. The molecule has 1 rings (SSSR count). The number of nitrogens with two attached hydrogens (primary N) is 2. The maximum atomic E-state index is 5.84. The number of thioether (sulfide) groups is 1. The van der Waals surface area contributed by atoms with E-state index in [1.807, 2.05) is 13.8 Å². The van der Waals surface area contributed by atoms with Crippen LogP contribution >= 0.6 is 36.2 Å². The first-order valence-electron chi connectivity index (χ1n) is 4.30. The summed E-state index contributed by atoms with van der Waals surface area (Å²) in [6.45, 7) is 3.65. The molecule has 1 aromatic rings. The van der Waals surface area contributed by atoms with E-state index in [2.05, 4.69) is 5.43 Å². The minimum absolute atomic E-state index is 0.360. The lowest BCUT2D eigenvalue weighted by Crippen LogP contribution is -2.37. The van der Waals surface area contributed by atoms with Gasteiger partial charge >= 0.3 is 0 Å². The number of anilines is 1. The number of hydrogen-bond donors (Lipinski definition) is 3. The van der Waals surface area contributed by atoms with E-state index in [9.17, 15) is 0 Å². The molecule has 1 heterocycles. The summed E-state index contributed by atoms with van der Waals surface area (Å²) >= 11 is 11.1. The summed E-state index contributed by atoms with van der Waals surface area (Å²) in [4.78, 5) is 0. The highest BCUT2D eigenvalue weighted by atomic mass is 32.2. The zero-order chi connectivity index (χ0) is 12.3. The summed E-state index contributed by atoms with van der Waals surface area (Å²) < 4.78 is 6.11. The molecule has 1 aromatic heterocycles. The molecule has 0 fully saturated rings. The van der Waals surface area contributed by atoms with Crippen molar-refractivity contribution in [2.24, 2.45) is 11.7 Å². The Labute approximate surface area is 108 Å². The zero-order valence-corrected chi connectivity index (χ0v) is 11.3. The van der Waals surface area contributed by atoms with Crippen LogP contribution in [0.15, 0.2) is 10.5 Å². The molecule has 0 aliphatic heterocycles. The van der Waals surface area contributed by atoms with Crippen molar-refractivity contribution in [1.29, 1.82) is 0 Å². The molecule has 0 aliphatic rings. The third-order valence-corrected chi connectivity index (χ3v) is 3.26. The third kappa shape index (κ3) is 3.16. The second-order valence-corrected chi connectivity index (χ2v) is 5.28. The van der Waals surface area contributed by atoms with E-state index in [1.165, 1.54) is 5.01 Å². The van der Waals surface area contributed by atoms with Crippen LogP contribution in [0.2, 0.25) is 0 Å². The lowest BCUT2D eigenvalue weighted by molar-refractivity contribution is 0.505. The Morgan fingerprint density at radius 2 is 2.12 bits per heavy atom. The first kappa shape index (κ1) is 13.4. The van der Waals surface area contributed by atoms with Crippen molar-refractivity contribution in [2.45, 2.75) is 13.8 Å². The molecule has 0 saturated heterocycles. The van der Waals surface area contributed by atoms with E-state index in [0.717, 1.165) is 23.2 Å². The molecule has 0 aromatic carbocycles. The number of nitrogens with zero attached hydrogens (tertiary/aromatic N) is 1. The Balaban J connectivity index is 2.78. The number of thiocarbonyl (C=S) groups is 2. The lowest BCUT2D eigenvalue weighted by atomic mass is 10.4. The van der Waals surface area contributed by atoms with E-state index >= 15 is 0 Å². The summed E-state index contributed by atoms with van der Waals surface area (Å²) in [6, 6.07) is 1.81. The van der Waals surface area contributed by atoms with Gasteiger partial charge in [-0.15, -0.1) is 0 Å². The molecule has 0 bridgehead atoms. The molecule has 0 atom stereocenters. The summed E-state index contributed by atoms with van der Waals surface area (Å²) in [5.41, 5.74) is 3.04. The van der Waals surface area contributed by atoms with Crippen molar-refractivity contribution in [3.05, 3.63) is 17.6 Å². The molecule has 0 saturated carbocycles. The fourth-order valence-corrected chi connectivity index (χ4v) is 2.27. The topological polar surface area (TPSA) is 80.5 Å². The molecule has 0 amide bonds. The van der Waals surface area contributed by atoms with E-state index in [4.69, 9.17) is 40.5 Å². The number of hydrogen-bond acceptors (Lipinski definition) is 6. The van der Waals surface area contributed by atoms with Crippen molar-refractivity contribution in [2.75, 3.05) is 5.01 Å². The molecule has 8 heteroatoms. The van der Waals surface area contributed by atoms with Crippen molar-refractivity contribution in [1.82, 2.24) is 5.43 Å². The molecule has 88 valence electrons. The maximum Gasteiger partial charge on any atom is 0.162 e. The number of nitrogens with one attached hydrogen (secondary N) is 1. The van der Waals surface area contributed by atoms with Crippen LogP contribution in [0, 0.1) is 13.8 Å². The molecular formula is C8H12N4OS3. The Bertz CT molecular complexity index is 417. The Hall–Kier alpha value is -0.670. The lowest BCUT2D eigenvalue weighted by Gasteiger charge is -2.17. The number of hydrazine groups is 2. The minimum atomic E-state index is 0.360. The minimum Gasteiger partial charge on any atom is -0.464 e. The molecule has 0 spiro atoms. The van der Waals surface area contributed by atoms with Gasteiger partial charge in [-0.1, -0.05) is 24.4 Å². The molecule has 0 aliphatic carbocycles. The van der Waals surface area contributed by atoms with Crippen molar-refractivity contribution in [3.8, 4) is 0 Å². The highest BCUT2D eigenvalue weighted by Crippen LogP contribution is 2.24. The van der Waals surface area contributed by atoms with Gasteiger partial charge in [-0.3, -0.25) is 5.01 Å². The number of furan rings is 1. The predicted molar refractivity (Wildman–Crippen MR) is 75.0 cm³/mol. The molecule has 0 unspecified atom stereocenters. The van der Waals surface area contributed by atoms with Crippen molar-refractivity contribution in [3.63, 3.8) is 0 Å². The van der Waals surface area contributed by atoms with Gasteiger partial charge in [0.25, 0.3) is 0 Å². The zero-order valence-electron chi connectivity index (χ0n) is 8.81. The fraction of sp³-hybridized carbons (Fsp3) is 0.250. The van der Waals surface area contributed by atoms with E-state index < -0.39 is 0 Å². The van der Waals surface area contributed by atoms with Gasteiger partial charge in [0, 0.05) is 6.07 Å². The van der Waals surface area contributed by atoms with Gasteiger partial charge in [-0.05, 0) is 25.6 Å². The van der Waals surface area contributed by atoms with Crippen LogP contribution in [0.4, 0.5) is 5.69 Å². The van der Waals surface area contributed by atoms with E-state index in [-0.39, 0.29) is 0 Å². The van der Waals surface area contributed by atoms with Crippen LogP contribution in [-0.2, 0) is 0 Å². The maximum absolute atomic E-state index is 5.84. The van der Waals surface area contributed by atoms with Crippen LogP contribution in [0.1, 0.15) is 11.5 Å².